The molecule has 0 saturated heterocycles. The van der Waals surface area contributed by atoms with Gasteiger partial charge >= 0.3 is 11.9 Å². The summed E-state index contributed by atoms with van der Waals surface area (Å²) < 4.78 is 9.96. The Kier molecular flexibility index (Phi) is 5.45. The van der Waals surface area contributed by atoms with Crippen molar-refractivity contribution in [1.82, 2.24) is 0 Å². The summed E-state index contributed by atoms with van der Waals surface area (Å²) in [6, 6.07) is 0. The lowest BCUT2D eigenvalue weighted by Crippen LogP contribution is -2.26. The quantitative estimate of drug-likeness (QED) is 0.671. The second-order valence-corrected chi connectivity index (χ2v) is 4.67. The van der Waals surface area contributed by atoms with E-state index in [1.54, 1.807) is 13.8 Å². The molecule has 0 spiro atoms. The van der Waals surface area contributed by atoms with Crippen molar-refractivity contribution >= 4 is 11.9 Å². The maximum atomic E-state index is 11.6. The molecule has 1 fully saturated rings. The van der Waals surface area contributed by atoms with Crippen molar-refractivity contribution in [1.29, 1.82) is 0 Å². The predicted molar refractivity (Wildman–Crippen MR) is 63.4 cm³/mol. The Morgan fingerprint density at radius 1 is 0.941 bits per heavy atom. The Balaban J connectivity index is 2.56. The summed E-state index contributed by atoms with van der Waals surface area (Å²) in [4.78, 5) is 23.1. The van der Waals surface area contributed by atoms with Crippen molar-refractivity contribution in [2.45, 2.75) is 52.4 Å². The first-order valence-corrected chi connectivity index (χ1v) is 6.43. The Hall–Kier alpha value is -1.06. The largest absolute Gasteiger partial charge is 0.466 e. The fraction of sp³-hybridized carbons (Fsp3) is 0.846. The summed E-state index contributed by atoms with van der Waals surface area (Å²) in [6.45, 7) is 4.39. The molecule has 0 N–H and O–H groups in total. The molecule has 0 aromatic rings. The number of hydrogen-bond acceptors (Lipinski definition) is 4. The van der Waals surface area contributed by atoms with Gasteiger partial charge in [-0.25, -0.2) is 0 Å². The number of esters is 2. The van der Waals surface area contributed by atoms with Crippen LogP contribution in [0.3, 0.4) is 0 Å². The van der Waals surface area contributed by atoms with Gasteiger partial charge in [-0.1, -0.05) is 12.8 Å². The average Bonchev–Trinajstić information content (AvgIpc) is 2.66. The van der Waals surface area contributed by atoms with Crippen LogP contribution in [0.1, 0.15) is 52.4 Å². The van der Waals surface area contributed by atoms with E-state index in [0.29, 0.717) is 26.1 Å². The second kappa shape index (κ2) is 6.62. The highest BCUT2D eigenvalue weighted by Gasteiger charge is 2.38. The fourth-order valence-corrected chi connectivity index (χ4v) is 2.58. The van der Waals surface area contributed by atoms with Crippen LogP contribution >= 0.6 is 0 Å². The van der Waals surface area contributed by atoms with Gasteiger partial charge in [-0.15, -0.1) is 0 Å². The fourth-order valence-electron chi connectivity index (χ4n) is 2.58. The van der Waals surface area contributed by atoms with Gasteiger partial charge in [0.2, 0.25) is 0 Å². The summed E-state index contributed by atoms with van der Waals surface area (Å²) >= 11 is 0. The molecule has 1 rings (SSSR count). The molecule has 0 unspecified atom stereocenters. The molecular weight excluding hydrogens is 220 g/mol. The molecule has 0 aliphatic heterocycles. The molecule has 1 aliphatic carbocycles. The third kappa shape index (κ3) is 4.36. The summed E-state index contributed by atoms with van der Waals surface area (Å²) in [7, 11) is 0. The van der Waals surface area contributed by atoms with E-state index in [9.17, 15) is 9.59 Å². The van der Waals surface area contributed by atoms with E-state index >= 15 is 0 Å². The van der Waals surface area contributed by atoms with E-state index in [2.05, 4.69) is 0 Å². The molecule has 0 aromatic carbocycles. The van der Waals surface area contributed by atoms with Gasteiger partial charge in [0.25, 0.3) is 0 Å². The van der Waals surface area contributed by atoms with Gasteiger partial charge < -0.3 is 9.47 Å². The maximum absolute atomic E-state index is 11.6. The molecule has 0 aromatic heterocycles. The first kappa shape index (κ1) is 14.0. The van der Waals surface area contributed by atoms with Crippen molar-refractivity contribution in [2.24, 2.45) is 5.41 Å². The van der Waals surface area contributed by atoms with Gasteiger partial charge in [0.1, 0.15) is 0 Å². The SMILES string of the molecule is CCOC(=O)CC1(CC(=O)OCC)CCCC1. The molecule has 0 heterocycles. The van der Waals surface area contributed by atoms with Crippen LogP contribution in [0.5, 0.6) is 0 Å². The smallest absolute Gasteiger partial charge is 0.306 e. The van der Waals surface area contributed by atoms with Crippen LogP contribution in [-0.2, 0) is 19.1 Å². The number of rotatable bonds is 6. The predicted octanol–water partition coefficient (Wildman–Crippen LogP) is 2.45. The summed E-state index contributed by atoms with van der Waals surface area (Å²) in [6.07, 6.45) is 4.70. The minimum absolute atomic E-state index is 0.196. The normalized spacial score (nSPS) is 17.8. The molecule has 0 atom stereocenters. The van der Waals surface area contributed by atoms with Crippen LogP contribution in [0.25, 0.3) is 0 Å². The molecular formula is C13H22O4. The molecule has 4 heteroatoms. The van der Waals surface area contributed by atoms with Gasteiger partial charge in [-0.05, 0) is 32.1 Å². The molecule has 4 nitrogen and oxygen atoms in total. The van der Waals surface area contributed by atoms with Crippen molar-refractivity contribution in [3.05, 3.63) is 0 Å². The highest BCUT2D eigenvalue weighted by molar-refractivity contribution is 5.74. The summed E-state index contributed by atoms with van der Waals surface area (Å²) in [5, 5.41) is 0. The van der Waals surface area contributed by atoms with Gasteiger partial charge in [0.05, 0.1) is 26.1 Å². The van der Waals surface area contributed by atoms with Gasteiger partial charge in [-0.2, -0.15) is 0 Å². The minimum atomic E-state index is -0.210. The maximum Gasteiger partial charge on any atom is 0.306 e. The Morgan fingerprint density at radius 2 is 1.35 bits per heavy atom. The highest BCUT2D eigenvalue weighted by atomic mass is 16.5. The van der Waals surface area contributed by atoms with E-state index in [1.165, 1.54) is 0 Å². The first-order chi connectivity index (χ1) is 8.12. The van der Waals surface area contributed by atoms with Crippen LogP contribution in [0, 0.1) is 5.41 Å². The Labute approximate surface area is 103 Å². The van der Waals surface area contributed by atoms with Gasteiger partial charge in [-0.3, -0.25) is 9.59 Å². The molecule has 17 heavy (non-hydrogen) atoms. The Bertz CT molecular complexity index is 245. The Morgan fingerprint density at radius 3 is 1.71 bits per heavy atom. The number of ether oxygens (including phenoxy) is 2. The third-order valence-electron chi connectivity index (χ3n) is 3.31. The van der Waals surface area contributed by atoms with E-state index in [4.69, 9.17) is 9.47 Å². The van der Waals surface area contributed by atoms with E-state index < -0.39 is 0 Å². The molecule has 1 saturated carbocycles. The van der Waals surface area contributed by atoms with Crippen molar-refractivity contribution in [2.75, 3.05) is 13.2 Å². The zero-order chi connectivity index (χ0) is 12.7. The zero-order valence-corrected chi connectivity index (χ0v) is 10.8. The van der Waals surface area contributed by atoms with Crippen LogP contribution in [0.4, 0.5) is 0 Å². The number of hydrogen-bond donors (Lipinski definition) is 0. The lowest BCUT2D eigenvalue weighted by atomic mass is 9.79. The first-order valence-electron chi connectivity index (χ1n) is 6.43. The molecule has 1 aliphatic rings. The topological polar surface area (TPSA) is 52.6 Å². The lowest BCUT2D eigenvalue weighted by Gasteiger charge is -2.26. The van der Waals surface area contributed by atoms with Gasteiger partial charge in [0, 0.05) is 0 Å². The molecule has 0 amide bonds. The monoisotopic (exact) mass is 242 g/mol. The molecule has 0 bridgehead atoms. The van der Waals surface area contributed by atoms with Crippen LogP contribution < -0.4 is 0 Å². The third-order valence-corrected chi connectivity index (χ3v) is 3.31. The van der Waals surface area contributed by atoms with Gasteiger partial charge in [0.15, 0.2) is 0 Å². The highest BCUT2D eigenvalue weighted by Crippen LogP contribution is 2.44. The van der Waals surface area contributed by atoms with Crippen molar-refractivity contribution in [3.8, 4) is 0 Å². The van der Waals surface area contributed by atoms with E-state index in [-0.39, 0.29) is 17.4 Å². The molecule has 0 radical (unpaired) electrons. The summed E-state index contributed by atoms with van der Waals surface area (Å²) in [5.74, 6) is -0.391. The van der Waals surface area contributed by atoms with Crippen molar-refractivity contribution in [3.63, 3.8) is 0 Å². The number of carbonyl (C=O) groups is 2. The summed E-state index contributed by atoms with van der Waals surface area (Å²) in [5.41, 5.74) is -0.210. The number of carbonyl (C=O) groups excluding carboxylic acids is 2. The second-order valence-electron chi connectivity index (χ2n) is 4.67. The van der Waals surface area contributed by atoms with Crippen LogP contribution in [-0.4, -0.2) is 25.2 Å². The van der Waals surface area contributed by atoms with E-state index in [0.717, 1.165) is 25.7 Å². The van der Waals surface area contributed by atoms with E-state index in [1.807, 2.05) is 0 Å². The lowest BCUT2D eigenvalue weighted by molar-refractivity contribution is -0.150. The van der Waals surface area contributed by atoms with Crippen LogP contribution in [0.2, 0.25) is 0 Å². The standard InChI is InChI=1S/C13H22O4/c1-3-16-11(14)9-13(7-5-6-8-13)10-12(15)17-4-2/h3-10H2,1-2H3. The average molecular weight is 242 g/mol. The van der Waals surface area contributed by atoms with Crippen molar-refractivity contribution < 1.29 is 19.1 Å². The zero-order valence-electron chi connectivity index (χ0n) is 10.8. The minimum Gasteiger partial charge on any atom is -0.466 e. The molecule has 98 valence electrons. The van der Waals surface area contributed by atoms with Crippen LogP contribution in [0.15, 0.2) is 0 Å².